The lowest BCUT2D eigenvalue weighted by atomic mass is 10.3. The fourth-order valence-corrected chi connectivity index (χ4v) is 3.96. The third-order valence-corrected chi connectivity index (χ3v) is 5.22. The average molecular weight is 329 g/mol. The zero-order chi connectivity index (χ0) is 13.2. The maximum atomic E-state index is 13.7. The number of sulfonamides is 1. The molecule has 1 heterocycles. The van der Waals surface area contributed by atoms with E-state index in [0.717, 1.165) is 12.6 Å². The number of rotatable bonds is 2. The lowest BCUT2D eigenvalue weighted by Gasteiger charge is -2.20. The first kappa shape index (κ1) is 16.7. The maximum absolute atomic E-state index is 13.7. The largest absolute Gasteiger partial charge is 0.315 e. The van der Waals surface area contributed by atoms with Crippen LogP contribution in [0.25, 0.3) is 0 Å². The molecular formula is C11H15Cl2FN2O2S. The molecule has 0 spiro atoms. The zero-order valence-corrected chi connectivity index (χ0v) is 12.5. The van der Waals surface area contributed by atoms with Crippen molar-refractivity contribution in [2.24, 2.45) is 0 Å². The fourth-order valence-electron chi connectivity index (χ4n) is 1.92. The standard InChI is InChI=1S/C11H14ClFN2O2S.ClH/c12-9-3-1-4-10(13)11(9)18(16,17)15-7-2-5-14-6-8-15;/h1,3-4,14H,2,5-8H2;1H. The van der Waals surface area contributed by atoms with Gasteiger partial charge in [0.15, 0.2) is 0 Å². The van der Waals surface area contributed by atoms with Crippen LogP contribution in [0, 0.1) is 5.82 Å². The van der Waals surface area contributed by atoms with Crippen LogP contribution in [0.2, 0.25) is 5.02 Å². The van der Waals surface area contributed by atoms with Crippen LogP contribution >= 0.6 is 24.0 Å². The minimum atomic E-state index is -3.86. The van der Waals surface area contributed by atoms with E-state index in [1.165, 1.54) is 16.4 Å². The van der Waals surface area contributed by atoms with Gasteiger partial charge in [-0.05, 0) is 25.1 Å². The number of hydrogen-bond acceptors (Lipinski definition) is 3. The van der Waals surface area contributed by atoms with Crippen LogP contribution in [0.3, 0.4) is 0 Å². The molecule has 8 heteroatoms. The second-order valence-corrected chi connectivity index (χ2v) is 6.34. The van der Waals surface area contributed by atoms with Crippen LogP contribution < -0.4 is 5.32 Å². The molecule has 108 valence electrons. The van der Waals surface area contributed by atoms with Crippen molar-refractivity contribution < 1.29 is 12.8 Å². The Kier molecular flexibility index (Phi) is 6.01. The summed E-state index contributed by atoms with van der Waals surface area (Å²) in [6, 6.07) is 3.88. The summed E-state index contributed by atoms with van der Waals surface area (Å²) in [5, 5.41) is 3.02. The Morgan fingerprint density at radius 3 is 2.68 bits per heavy atom. The lowest BCUT2D eigenvalue weighted by Crippen LogP contribution is -2.34. The molecule has 0 aromatic heterocycles. The van der Waals surface area contributed by atoms with Crippen LogP contribution in [-0.4, -0.2) is 38.9 Å². The third kappa shape index (κ3) is 3.58. The molecule has 0 unspecified atom stereocenters. The quantitative estimate of drug-likeness (QED) is 0.901. The van der Waals surface area contributed by atoms with E-state index in [2.05, 4.69) is 5.32 Å². The van der Waals surface area contributed by atoms with Gasteiger partial charge in [0.25, 0.3) is 0 Å². The van der Waals surface area contributed by atoms with Crippen LogP contribution in [-0.2, 0) is 10.0 Å². The van der Waals surface area contributed by atoms with E-state index in [9.17, 15) is 12.8 Å². The first-order chi connectivity index (χ1) is 8.53. The van der Waals surface area contributed by atoms with E-state index in [1.54, 1.807) is 0 Å². The summed E-state index contributed by atoms with van der Waals surface area (Å²) in [5.41, 5.74) is 0. The van der Waals surface area contributed by atoms with Gasteiger partial charge < -0.3 is 5.32 Å². The highest BCUT2D eigenvalue weighted by Crippen LogP contribution is 2.27. The third-order valence-electron chi connectivity index (χ3n) is 2.82. The van der Waals surface area contributed by atoms with Crippen molar-refractivity contribution >= 4 is 34.0 Å². The number of nitrogens with one attached hydrogen (secondary N) is 1. The molecular weight excluding hydrogens is 314 g/mol. The van der Waals surface area contributed by atoms with Gasteiger partial charge in [0.1, 0.15) is 10.7 Å². The van der Waals surface area contributed by atoms with E-state index >= 15 is 0 Å². The number of hydrogen-bond donors (Lipinski definition) is 1. The Balaban J connectivity index is 0.00000180. The van der Waals surface area contributed by atoms with Crippen molar-refractivity contribution in [2.45, 2.75) is 11.3 Å². The molecule has 1 fully saturated rings. The summed E-state index contributed by atoms with van der Waals surface area (Å²) in [6.07, 6.45) is 0.700. The minimum absolute atomic E-state index is 0. The molecule has 1 N–H and O–H groups in total. The molecule has 0 bridgehead atoms. The van der Waals surface area contributed by atoms with Gasteiger partial charge >= 0.3 is 0 Å². The molecule has 0 amide bonds. The molecule has 1 aliphatic rings. The van der Waals surface area contributed by atoms with Gasteiger partial charge in [-0.25, -0.2) is 12.8 Å². The van der Waals surface area contributed by atoms with Gasteiger partial charge in [-0.1, -0.05) is 17.7 Å². The summed E-state index contributed by atoms with van der Waals surface area (Å²) < 4.78 is 39.7. The zero-order valence-electron chi connectivity index (χ0n) is 10.1. The highest BCUT2D eigenvalue weighted by atomic mass is 35.5. The molecule has 19 heavy (non-hydrogen) atoms. The second kappa shape index (κ2) is 6.85. The van der Waals surface area contributed by atoms with Gasteiger partial charge in [0, 0.05) is 19.6 Å². The summed E-state index contributed by atoms with van der Waals surface area (Å²) in [5.74, 6) is -0.806. The molecule has 2 rings (SSSR count). The van der Waals surface area contributed by atoms with Crippen LogP contribution in [0.1, 0.15) is 6.42 Å². The lowest BCUT2D eigenvalue weighted by molar-refractivity contribution is 0.427. The molecule has 1 aromatic carbocycles. The highest BCUT2D eigenvalue weighted by Gasteiger charge is 2.29. The van der Waals surface area contributed by atoms with Gasteiger partial charge in [-0.3, -0.25) is 0 Å². The van der Waals surface area contributed by atoms with Gasteiger partial charge in [-0.2, -0.15) is 4.31 Å². The highest BCUT2D eigenvalue weighted by molar-refractivity contribution is 7.89. The van der Waals surface area contributed by atoms with Crippen molar-refractivity contribution in [3.8, 4) is 0 Å². The summed E-state index contributed by atoms with van der Waals surface area (Å²) >= 11 is 5.81. The molecule has 0 aliphatic carbocycles. The molecule has 4 nitrogen and oxygen atoms in total. The second-order valence-electron chi connectivity index (χ2n) is 4.06. The van der Waals surface area contributed by atoms with Crippen molar-refractivity contribution in [3.05, 3.63) is 29.0 Å². The van der Waals surface area contributed by atoms with E-state index in [-0.39, 0.29) is 17.4 Å². The monoisotopic (exact) mass is 328 g/mol. The number of nitrogens with zero attached hydrogens (tertiary/aromatic N) is 1. The van der Waals surface area contributed by atoms with Crippen molar-refractivity contribution in [1.29, 1.82) is 0 Å². The topological polar surface area (TPSA) is 49.4 Å². The van der Waals surface area contributed by atoms with Gasteiger partial charge in [-0.15, -0.1) is 12.4 Å². The van der Waals surface area contributed by atoms with Crippen molar-refractivity contribution in [2.75, 3.05) is 26.2 Å². The SMILES string of the molecule is Cl.O=S(=O)(c1c(F)cccc1Cl)N1CCCNCC1. The normalized spacial score (nSPS) is 17.6. The van der Waals surface area contributed by atoms with Crippen LogP contribution in [0.4, 0.5) is 4.39 Å². The summed E-state index contributed by atoms with van der Waals surface area (Å²) in [6.45, 7) is 2.02. The molecule has 1 aliphatic heterocycles. The van der Waals surface area contributed by atoms with Crippen molar-refractivity contribution in [3.63, 3.8) is 0 Å². The Labute approximate surface area is 123 Å². The molecule has 0 atom stereocenters. The minimum Gasteiger partial charge on any atom is -0.315 e. The Morgan fingerprint density at radius 2 is 2.00 bits per heavy atom. The Hall–Kier alpha value is -0.400. The molecule has 1 aromatic rings. The Bertz CT molecular complexity index is 511. The van der Waals surface area contributed by atoms with E-state index in [1.807, 2.05) is 0 Å². The van der Waals surface area contributed by atoms with Gasteiger partial charge in [0.2, 0.25) is 10.0 Å². The summed E-state index contributed by atoms with van der Waals surface area (Å²) in [7, 11) is -3.86. The number of halogens is 3. The van der Waals surface area contributed by atoms with E-state index in [0.29, 0.717) is 26.1 Å². The first-order valence-corrected chi connectivity index (χ1v) is 7.50. The molecule has 1 saturated heterocycles. The first-order valence-electron chi connectivity index (χ1n) is 5.68. The predicted molar refractivity (Wildman–Crippen MR) is 74.9 cm³/mol. The Morgan fingerprint density at radius 1 is 1.26 bits per heavy atom. The number of benzene rings is 1. The molecule has 0 saturated carbocycles. The van der Waals surface area contributed by atoms with Crippen molar-refractivity contribution in [1.82, 2.24) is 9.62 Å². The fraction of sp³-hybridized carbons (Fsp3) is 0.455. The average Bonchev–Trinajstić information content (AvgIpc) is 2.57. The smallest absolute Gasteiger partial charge is 0.247 e. The molecule has 0 radical (unpaired) electrons. The van der Waals surface area contributed by atoms with E-state index in [4.69, 9.17) is 11.6 Å². The maximum Gasteiger partial charge on any atom is 0.247 e. The van der Waals surface area contributed by atoms with Crippen LogP contribution in [0.5, 0.6) is 0 Å². The summed E-state index contributed by atoms with van der Waals surface area (Å²) in [4.78, 5) is -0.423. The predicted octanol–water partition coefficient (Wildman–Crippen LogP) is 1.88. The van der Waals surface area contributed by atoms with Gasteiger partial charge in [0.05, 0.1) is 5.02 Å². The van der Waals surface area contributed by atoms with Crippen LogP contribution in [0.15, 0.2) is 23.1 Å². The van der Waals surface area contributed by atoms with E-state index < -0.39 is 20.7 Å².